The number of hydrogen-bond acceptors (Lipinski definition) is 4. The van der Waals surface area contributed by atoms with Crippen LogP contribution in [0.15, 0.2) is 63.9 Å². The lowest BCUT2D eigenvalue weighted by atomic mass is 10.1. The van der Waals surface area contributed by atoms with Crippen molar-refractivity contribution in [2.45, 2.75) is 19.9 Å². The molecule has 2 heterocycles. The lowest BCUT2D eigenvalue weighted by Crippen LogP contribution is -2.15. The molecule has 2 N–H and O–H groups in total. The summed E-state index contributed by atoms with van der Waals surface area (Å²) < 4.78 is 6.82. The first-order valence-corrected chi connectivity index (χ1v) is 8.67. The van der Waals surface area contributed by atoms with Crippen molar-refractivity contribution >= 4 is 22.7 Å². The fourth-order valence-corrected chi connectivity index (χ4v) is 3.09. The van der Waals surface area contributed by atoms with E-state index in [2.05, 4.69) is 15.4 Å². The van der Waals surface area contributed by atoms with Crippen LogP contribution in [0.4, 0.5) is 5.69 Å². The molecule has 136 valence electrons. The van der Waals surface area contributed by atoms with Gasteiger partial charge in [-0.05, 0) is 30.2 Å². The van der Waals surface area contributed by atoms with E-state index in [9.17, 15) is 9.59 Å². The van der Waals surface area contributed by atoms with Crippen molar-refractivity contribution in [2.75, 3.05) is 5.32 Å². The molecule has 27 heavy (non-hydrogen) atoms. The van der Waals surface area contributed by atoms with Gasteiger partial charge < -0.3 is 9.73 Å². The molecule has 0 radical (unpaired) electrons. The minimum Gasteiger partial charge on any atom is -0.408 e. The van der Waals surface area contributed by atoms with Gasteiger partial charge in [-0.15, -0.1) is 0 Å². The zero-order valence-corrected chi connectivity index (χ0v) is 14.7. The van der Waals surface area contributed by atoms with Gasteiger partial charge >= 0.3 is 5.76 Å². The number of carbonyl (C=O) groups excluding carboxylic acids is 1. The van der Waals surface area contributed by atoms with E-state index in [1.165, 1.54) is 0 Å². The Hall–Kier alpha value is -3.61. The summed E-state index contributed by atoms with van der Waals surface area (Å²) in [6.07, 6.45) is 2.28. The molecule has 0 fully saturated rings. The van der Waals surface area contributed by atoms with Crippen molar-refractivity contribution in [1.29, 1.82) is 0 Å². The van der Waals surface area contributed by atoms with Crippen molar-refractivity contribution in [1.82, 2.24) is 14.8 Å². The number of amides is 1. The predicted molar refractivity (Wildman–Crippen MR) is 102 cm³/mol. The Morgan fingerprint density at radius 1 is 1.22 bits per heavy atom. The fraction of sp³-hybridized carbons (Fsp3) is 0.150. The fourth-order valence-electron chi connectivity index (χ4n) is 3.09. The number of rotatable bonds is 5. The number of hydrogen-bond donors (Lipinski definition) is 2. The number of benzene rings is 2. The molecule has 7 heteroatoms. The zero-order chi connectivity index (χ0) is 18.8. The number of carbonyl (C=O) groups is 1. The third-order valence-corrected chi connectivity index (χ3v) is 4.38. The van der Waals surface area contributed by atoms with E-state index in [0.717, 1.165) is 11.3 Å². The molecule has 0 saturated heterocycles. The first-order valence-electron chi connectivity index (χ1n) is 8.67. The van der Waals surface area contributed by atoms with Crippen LogP contribution in [0, 0.1) is 0 Å². The van der Waals surface area contributed by atoms with Crippen molar-refractivity contribution in [3.63, 3.8) is 0 Å². The summed E-state index contributed by atoms with van der Waals surface area (Å²) in [7, 11) is 0. The maximum absolute atomic E-state index is 12.7. The molecule has 0 saturated carbocycles. The zero-order valence-electron chi connectivity index (χ0n) is 14.7. The smallest absolute Gasteiger partial charge is 0.408 e. The Bertz CT molecular complexity index is 1150. The number of nitrogens with zero attached hydrogens (tertiary/aromatic N) is 2. The largest absolute Gasteiger partial charge is 0.417 e. The van der Waals surface area contributed by atoms with Crippen LogP contribution in [0.25, 0.3) is 11.1 Å². The number of fused-ring (bicyclic) bond motifs is 1. The van der Waals surface area contributed by atoms with Crippen LogP contribution in [0.5, 0.6) is 0 Å². The van der Waals surface area contributed by atoms with E-state index in [-0.39, 0.29) is 5.91 Å². The number of H-pyrrole nitrogens is 1. The molecule has 2 aromatic carbocycles. The minimum absolute atomic E-state index is 0.239. The number of anilines is 1. The van der Waals surface area contributed by atoms with Crippen LogP contribution in [0.2, 0.25) is 0 Å². The molecule has 0 aliphatic heterocycles. The van der Waals surface area contributed by atoms with Crippen molar-refractivity contribution in [3.05, 3.63) is 82.1 Å². The monoisotopic (exact) mass is 362 g/mol. The topological polar surface area (TPSA) is 92.9 Å². The molecule has 1 amide bonds. The van der Waals surface area contributed by atoms with Gasteiger partial charge in [-0.3, -0.25) is 14.5 Å². The summed E-state index contributed by atoms with van der Waals surface area (Å²) in [5, 5.41) is 7.25. The molecule has 0 unspecified atom stereocenters. The minimum atomic E-state index is -0.524. The van der Waals surface area contributed by atoms with Gasteiger partial charge in [0.2, 0.25) is 0 Å². The highest BCUT2D eigenvalue weighted by Crippen LogP contribution is 2.19. The van der Waals surface area contributed by atoms with E-state index in [0.29, 0.717) is 35.3 Å². The predicted octanol–water partition coefficient (Wildman–Crippen LogP) is 3.18. The van der Waals surface area contributed by atoms with Gasteiger partial charge in [0.1, 0.15) is 0 Å². The average Bonchev–Trinajstić information content (AvgIpc) is 3.24. The van der Waals surface area contributed by atoms with Crippen LogP contribution in [0.3, 0.4) is 0 Å². The standard InChI is InChI=1S/C20H18N4O3/c1-2-17-15(11-21-24(17)12-13-6-4-3-5-7-13)19(25)22-14-8-9-18-16(10-14)23-20(26)27-18/h3-11H,2,12H2,1H3,(H,22,25)(H,23,26). The summed E-state index contributed by atoms with van der Waals surface area (Å²) in [6.45, 7) is 2.61. The van der Waals surface area contributed by atoms with E-state index in [1.54, 1.807) is 24.4 Å². The second-order valence-electron chi connectivity index (χ2n) is 6.18. The summed E-state index contributed by atoms with van der Waals surface area (Å²) in [4.78, 5) is 26.6. The Morgan fingerprint density at radius 2 is 2.04 bits per heavy atom. The van der Waals surface area contributed by atoms with Gasteiger partial charge in [-0.2, -0.15) is 5.10 Å². The molecule has 0 spiro atoms. The van der Waals surface area contributed by atoms with E-state index < -0.39 is 5.76 Å². The SMILES string of the molecule is CCc1c(C(=O)Nc2ccc3oc(=O)[nH]c3c2)cnn1Cc1ccccc1. The normalized spacial score (nSPS) is 11.0. The van der Waals surface area contributed by atoms with Crippen LogP contribution in [0.1, 0.15) is 28.5 Å². The second kappa shape index (κ2) is 6.95. The van der Waals surface area contributed by atoms with Crippen molar-refractivity contribution in [2.24, 2.45) is 0 Å². The Kier molecular flexibility index (Phi) is 4.33. The van der Waals surface area contributed by atoms with Crippen LogP contribution in [-0.4, -0.2) is 20.7 Å². The maximum Gasteiger partial charge on any atom is 0.417 e. The molecule has 0 aliphatic carbocycles. The highest BCUT2D eigenvalue weighted by atomic mass is 16.4. The quantitative estimate of drug-likeness (QED) is 0.570. The summed E-state index contributed by atoms with van der Waals surface area (Å²) in [6, 6.07) is 15.0. The highest BCUT2D eigenvalue weighted by molar-refractivity contribution is 6.05. The summed E-state index contributed by atoms with van der Waals surface area (Å²) in [5.74, 6) is -0.764. The van der Waals surface area contributed by atoms with E-state index >= 15 is 0 Å². The summed E-state index contributed by atoms with van der Waals surface area (Å²) >= 11 is 0. The maximum atomic E-state index is 12.7. The van der Waals surface area contributed by atoms with Crippen LogP contribution >= 0.6 is 0 Å². The molecule has 4 rings (SSSR count). The first-order chi connectivity index (χ1) is 13.1. The van der Waals surface area contributed by atoms with Gasteiger partial charge in [-0.1, -0.05) is 37.3 Å². The van der Waals surface area contributed by atoms with Gasteiger partial charge in [0.15, 0.2) is 5.58 Å². The third-order valence-electron chi connectivity index (χ3n) is 4.38. The molecular weight excluding hydrogens is 344 g/mol. The number of nitrogens with one attached hydrogen (secondary N) is 2. The highest BCUT2D eigenvalue weighted by Gasteiger charge is 2.17. The molecule has 4 aromatic rings. The van der Waals surface area contributed by atoms with Crippen LogP contribution in [-0.2, 0) is 13.0 Å². The molecule has 0 atom stereocenters. The molecular formula is C20H18N4O3. The van der Waals surface area contributed by atoms with Crippen LogP contribution < -0.4 is 11.1 Å². The van der Waals surface area contributed by atoms with Crippen molar-refractivity contribution in [3.8, 4) is 0 Å². The summed E-state index contributed by atoms with van der Waals surface area (Å²) in [5.41, 5.74) is 4.08. The Labute approximate surface area is 154 Å². The molecule has 0 aliphatic rings. The number of oxazole rings is 1. The van der Waals surface area contributed by atoms with E-state index in [4.69, 9.17) is 4.42 Å². The lowest BCUT2D eigenvalue weighted by Gasteiger charge is -2.09. The average molecular weight is 362 g/mol. The lowest BCUT2D eigenvalue weighted by molar-refractivity contribution is 0.102. The van der Waals surface area contributed by atoms with E-state index in [1.807, 2.05) is 41.9 Å². The molecule has 2 aromatic heterocycles. The number of aromatic amines is 1. The van der Waals surface area contributed by atoms with Gasteiger partial charge in [0, 0.05) is 5.69 Å². The second-order valence-corrected chi connectivity index (χ2v) is 6.18. The van der Waals surface area contributed by atoms with Gasteiger partial charge in [0.05, 0.1) is 29.5 Å². The molecule has 7 nitrogen and oxygen atoms in total. The first kappa shape index (κ1) is 16.8. The Balaban J connectivity index is 1.58. The number of aromatic nitrogens is 3. The molecule has 0 bridgehead atoms. The Morgan fingerprint density at radius 3 is 2.81 bits per heavy atom. The third kappa shape index (κ3) is 3.39. The van der Waals surface area contributed by atoms with Gasteiger partial charge in [-0.25, -0.2) is 4.79 Å². The van der Waals surface area contributed by atoms with Crippen molar-refractivity contribution < 1.29 is 9.21 Å². The van der Waals surface area contributed by atoms with Gasteiger partial charge in [0.25, 0.3) is 5.91 Å².